The topological polar surface area (TPSA) is 35.5 Å². The van der Waals surface area contributed by atoms with Crippen molar-refractivity contribution in [2.45, 2.75) is 56.3 Å². The highest BCUT2D eigenvalue weighted by molar-refractivity contribution is 5.17. The van der Waals surface area contributed by atoms with E-state index in [1.54, 1.807) is 0 Å². The maximum atomic E-state index is 10.2. The van der Waals surface area contributed by atoms with Crippen LogP contribution < -0.4 is 5.32 Å². The van der Waals surface area contributed by atoms with E-state index in [1.807, 2.05) is 30.3 Å². The Bertz CT molecular complexity index is 408. The van der Waals surface area contributed by atoms with E-state index in [2.05, 4.69) is 17.3 Å². The molecule has 1 aromatic carbocycles. The van der Waals surface area contributed by atoms with Crippen LogP contribution in [0, 0.1) is 0 Å². The van der Waals surface area contributed by atoms with Crippen molar-refractivity contribution in [1.29, 1.82) is 0 Å². The van der Waals surface area contributed by atoms with Crippen LogP contribution in [0.15, 0.2) is 30.3 Å². The molecule has 0 radical (unpaired) electrons. The van der Waals surface area contributed by atoms with Crippen molar-refractivity contribution < 1.29 is 5.11 Å². The summed E-state index contributed by atoms with van der Waals surface area (Å²) in [5.74, 6) is 0. The molecule has 2 heterocycles. The molecule has 0 aromatic heterocycles. The molecule has 20 heavy (non-hydrogen) atoms. The Hall–Kier alpha value is -0.900. The second-order valence-corrected chi connectivity index (χ2v) is 6.41. The summed E-state index contributed by atoms with van der Waals surface area (Å²) in [6, 6.07) is 12.0. The van der Waals surface area contributed by atoms with E-state index in [4.69, 9.17) is 0 Å². The molecule has 2 aliphatic heterocycles. The minimum absolute atomic E-state index is 0.393. The maximum absolute atomic E-state index is 10.2. The zero-order chi connectivity index (χ0) is 13.9. The highest BCUT2D eigenvalue weighted by Gasteiger charge is 2.35. The first-order valence-corrected chi connectivity index (χ1v) is 7.92. The van der Waals surface area contributed by atoms with E-state index >= 15 is 0 Å². The number of aliphatic hydroxyl groups is 1. The number of fused-ring (bicyclic) bond motifs is 2. The molecule has 2 N–H and O–H groups in total. The van der Waals surface area contributed by atoms with Crippen molar-refractivity contribution in [3.05, 3.63) is 35.9 Å². The van der Waals surface area contributed by atoms with Crippen LogP contribution in [0.2, 0.25) is 0 Å². The summed E-state index contributed by atoms with van der Waals surface area (Å²) in [6.07, 6.45) is 6.14. The molecular formula is C17H26N2O. The number of hydrogen-bond donors (Lipinski definition) is 2. The molecule has 0 saturated carbocycles. The summed E-state index contributed by atoms with van der Waals surface area (Å²) in [6.45, 7) is 0.665. The highest BCUT2D eigenvalue weighted by atomic mass is 16.3. The van der Waals surface area contributed by atoms with Crippen LogP contribution in [-0.2, 0) is 0 Å². The lowest BCUT2D eigenvalue weighted by Crippen LogP contribution is -2.54. The molecule has 2 saturated heterocycles. The van der Waals surface area contributed by atoms with Gasteiger partial charge in [-0.1, -0.05) is 36.8 Å². The van der Waals surface area contributed by atoms with Crippen LogP contribution in [0.4, 0.5) is 0 Å². The Morgan fingerprint density at radius 1 is 1.20 bits per heavy atom. The first-order chi connectivity index (χ1) is 9.74. The molecule has 0 amide bonds. The highest BCUT2D eigenvalue weighted by Crippen LogP contribution is 2.32. The second-order valence-electron chi connectivity index (χ2n) is 6.41. The van der Waals surface area contributed by atoms with E-state index in [9.17, 15) is 5.11 Å². The van der Waals surface area contributed by atoms with Gasteiger partial charge in [-0.3, -0.25) is 0 Å². The third-order valence-electron chi connectivity index (χ3n) is 5.12. The number of piperidine rings is 2. The standard InChI is InChI=1S/C17H26N2O/c1-19-15-8-5-9-16(19)11-14(10-15)18-12-17(20)13-6-3-2-4-7-13/h2-4,6-7,14-18,20H,5,8-12H2,1H3. The molecule has 2 fully saturated rings. The van der Waals surface area contributed by atoms with E-state index in [1.165, 1.54) is 32.1 Å². The number of benzene rings is 1. The first kappa shape index (κ1) is 14.1. The molecule has 0 aliphatic carbocycles. The number of nitrogens with one attached hydrogen (secondary N) is 1. The quantitative estimate of drug-likeness (QED) is 0.884. The van der Waals surface area contributed by atoms with Crippen molar-refractivity contribution >= 4 is 0 Å². The largest absolute Gasteiger partial charge is 0.387 e. The summed E-state index contributed by atoms with van der Waals surface area (Å²) >= 11 is 0. The minimum atomic E-state index is -0.393. The lowest BCUT2D eigenvalue weighted by atomic mass is 9.82. The lowest BCUT2D eigenvalue weighted by molar-refractivity contribution is 0.0446. The molecule has 3 unspecified atom stereocenters. The molecule has 3 nitrogen and oxygen atoms in total. The van der Waals surface area contributed by atoms with Gasteiger partial charge in [0, 0.05) is 24.7 Å². The van der Waals surface area contributed by atoms with Crippen LogP contribution in [0.1, 0.15) is 43.8 Å². The van der Waals surface area contributed by atoms with Gasteiger partial charge in [0.05, 0.1) is 6.10 Å². The molecule has 0 spiro atoms. The third kappa shape index (κ3) is 3.05. The zero-order valence-corrected chi connectivity index (χ0v) is 12.3. The van der Waals surface area contributed by atoms with Crippen LogP contribution in [-0.4, -0.2) is 41.7 Å². The van der Waals surface area contributed by atoms with Gasteiger partial charge in [-0.15, -0.1) is 0 Å². The molecule has 3 atom stereocenters. The summed E-state index contributed by atoms with van der Waals surface area (Å²) in [5, 5.41) is 13.8. The van der Waals surface area contributed by atoms with Crippen molar-refractivity contribution in [1.82, 2.24) is 10.2 Å². The SMILES string of the molecule is CN1C2CCCC1CC(NCC(O)c1ccccc1)C2. The fourth-order valence-electron chi connectivity index (χ4n) is 3.85. The monoisotopic (exact) mass is 274 g/mol. The second kappa shape index (κ2) is 6.25. The van der Waals surface area contributed by atoms with Gasteiger partial charge in [0.25, 0.3) is 0 Å². The first-order valence-electron chi connectivity index (χ1n) is 7.92. The molecular weight excluding hydrogens is 248 g/mol. The summed E-state index contributed by atoms with van der Waals surface area (Å²) in [5.41, 5.74) is 1.01. The van der Waals surface area contributed by atoms with Crippen LogP contribution >= 0.6 is 0 Å². The zero-order valence-electron chi connectivity index (χ0n) is 12.3. The Morgan fingerprint density at radius 2 is 1.85 bits per heavy atom. The van der Waals surface area contributed by atoms with Gasteiger partial charge >= 0.3 is 0 Å². The molecule has 2 aliphatic rings. The Morgan fingerprint density at radius 3 is 2.50 bits per heavy atom. The van der Waals surface area contributed by atoms with E-state index in [0.29, 0.717) is 12.6 Å². The average molecular weight is 274 g/mol. The average Bonchev–Trinajstić information content (AvgIpc) is 2.46. The fourth-order valence-corrected chi connectivity index (χ4v) is 3.85. The Balaban J connectivity index is 1.52. The Kier molecular flexibility index (Phi) is 4.39. The van der Waals surface area contributed by atoms with Crippen molar-refractivity contribution in [3.8, 4) is 0 Å². The van der Waals surface area contributed by atoms with Gasteiger partial charge in [-0.2, -0.15) is 0 Å². The predicted octanol–water partition coefficient (Wildman–Crippen LogP) is 2.32. The van der Waals surface area contributed by atoms with Crippen molar-refractivity contribution in [2.24, 2.45) is 0 Å². The fraction of sp³-hybridized carbons (Fsp3) is 0.647. The van der Waals surface area contributed by atoms with E-state index < -0.39 is 6.10 Å². The van der Waals surface area contributed by atoms with Crippen LogP contribution in [0.5, 0.6) is 0 Å². The third-order valence-corrected chi connectivity index (χ3v) is 5.12. The molecule has 2 bridgehead atoms. The van der Waals surface area contributed by atoms with Crippen molar-refractivity contribution in [2.75, 3.05) is 13.6 Å². The normalized spacial score (nSPS) is 32.0. The predicted molar refractivity (Wildman–Crippen MR) is 81.6 cm³/mol. The summed E-state index contributed by atoms with van der Waals surface area (Å²) < 4.78 is 0. The number of nitrogens with zero attached hydrogens (tertiary/aromatic N) is 1. The molecule has 1 aromatic rings. The van der Waals surface area contributed by atoms with E-state index in [-0.39, 0.29) is 0 Å². The minimum Gasteiger partial charge on any atom is -0.387 e. The van der Waals surface area contributed by atoms with Gasteiger partial charge in [0.15, 0.2) is 0 Å². The lowest BCUT2D eigenvalue weighted by Gasteiger charge is -2.47. The van der Waals surface area contributed by atoms with Crippen LogP contribution in [0.25, 0.3) is 0 Å². The van der Waals surface area contributed by atoms with Gasteiger partial charge < -0.3 is 15.3 Å². The number of rotatable bonds is 4. The maximum Gasteiger partial charge on any atom is 0.0914 e. The van der Waals surface area contributed by atoms with Crippen LogP contribution in [0.3, 0.4) is 0 Å². The van der Waals surface area contributed by atoms with Gasteiger partial charge in [-0.05, 0) is 38.3 Å². The summed E-state index contributed by atoms with van der Waals surface area (Å²) in [4.78, 5) is 2.58. The van der Waals surface area contributed by atoms with Crippen molar-refractivity contribution in [3.63, 3.8) is 0 Å². The van der Waals surface area contributed by atoms with Gasteiger partial charge in [0.2, 0.25) is 0 Å². The smallest absolute Gasteiger partial charge is 0.0914 e. The number of aliphatic hydroxyl groups excluding tert-OH is 1. The molecule has 110 valence electrons. The molecule has 3 heteroatoms. The van der Waals surface area contributed by atoms with Gasteiger partial charge in [-0.25, -0.2) is 0 Å². The summed E-state index contributed by atoms with van der Waals surface area (Å²) in [7, 11) is 2.28. The Labute approximate surface area is 122 Å². The molecule has 3 rings (SSSR count). The van der Waals surface area contributed by atoms with E-state index in [0.717, 1.165) is 17.6 Å². The van der Waals surface area contributed by atoms with Gasteiger partial charge in [0.1, 0.15) is 0 Å². The number of hydrogen-bond acceptors (Lipinski definition) is 3.